The minimum absolute atomic E-state index is 0.00544. The highest BCUT2D eigenvalue weighted by Crippen LogP contribution is 2.34. The maximum atomic E-state index is 12.6. The number of ketones is 1. The molecule has 0 aromatic carbocycles. The van der Waals surface area contributed by atoms with Crippen LogP contribution >= 0.6 is 22.9 Å². The number of thiophene rings is 1. The van der Waals surface area contributed by atoms with E-state index in [0.717, 1.165) is 38.6 Å². The third-order valence-corrected chi connectivity index (χ3v) is 5.77. The van der Waals surface area contributed by atoms with Crippen LogP contribution in [0.4, 0.5) is 0 Å². The molecule has 1 aromatic heterocycles. The number of hydrogen-bond donors (Lipinski definition) is 0. The van der Waals surface area contributed by atoms with Crippen LogP contribution in [0.1, 0.15) is 48.2 Å². The number of nitrogens with zero attached hydrogens (tertiary/aromatic N) is 1. The van der Waals surface area contributed by atoms with Crippen LogP contribution in [0.2, 0.25) is 5.02 Å². The summed E-state index contributed by atoms with van der Waals surface area (Å²) in [7, 11) is 0. The molecule has 0 N–H and O–H groups in total. The highest BCUT2D eigenvalue weighted by atomic mass is 35.5. The monoisotopic (exact) mass is 311 g/mol. The number of rotatable bonds is 2. The summed E-state index contributed by atoms with van der Waals surface area (Å²) < 4.78 is 0. The maximum absolute atomic E-state index is 12.6. The molecule has 2 heterocycles. The molecule has 2 atom stereocenters. The highest BCUT2D eigenvalue weighted by Gasteiger charge is 2.39. The van der Waals surface area contributed by atoms with Crippen molar-refractivity contribution in [3.63, 3.8) is 0 Å². The van der Waals surface area contributed by atoms with Gasteiger partial charge in [-0.25, -0.2) is 0 Å². The zero-order valence-electron chi connectivity index (χ0n) is 11.3. The first-order chi connectivity index (χ1) is 9.68. The molecule has 1 aliphatic carbocycles. The van der Waals surface area contributed by atoms with Gasteiger partial charge in [-0.15, -0.1) is 11.3 Å². The van der Waals surface area contributed by atoms with Gasteiger partial charge >= 0.3 is 0 Å². The second-order valence-electron chi connectivity index (χ2n) is 5.62. The van der Waals surface area contributed by atoms with Crippen LogP contribution in [0.3, 0.4) is 0 Å². The molecule has 0 bridgehead atoms. The highest BCUT2D eigenvalue weighted by molar-refractivity contribution is 7.12. The molecule has 0 radical (unpaired) electrons. The molecular weight excluding hydrogens is 294 g/mol. The zero-order chi connectivity index (χ0) is 14.1. The predicted octanol–water partition coefficient (Wildman–Crippen LogP) is 3.77. The molecule has 1 saturated carbocycles. The van der Waals surface area contributed by atoms with Crippen LogP contribution in [0.15, 0.2) is 11.4 Å². The summed E-state index contributed by atoms with van der Waals surface area (Å²) in [5.41, 5.74) is 0. The van der Waals surface area contributed by atoms with Gasteiger partial charge in [-0.3, -0.25) is 9.59 Å². The fraction of sp³-hybridized carbons (Fsp3) is 0.600. The van der Waals surface area contributed by atoms with Gasteiger partial charge < -0.3 is 4.90 Å². The van der Waals surface area contributed by atoms with Gasteiger partial charge in [-0.05, 0) is 37.1 Å². The molecule has 2 unspecified atom stereocenters. The lowest BCUT2D eigenvalue weighted by atomic mass is 9.82. The average molecular weight is 312 g/mol. The number of amides is 1. The lowest BCUT2D eigenvalue weighted by Gasteiger charge is -2.32. The van der Waals surface area contributed by atoms with Gasteiger partial charge in [0.05, 0.1) is 5.02 Å². The molecule has 2 aliphatic rings. The summed E-state index contributed by atoms with van der Waals surface area (Å²) in [4.78, 5) is 27.3. The third kappa shape index (κ3) is 2.51. The lowest BCUT2D eigenvalue weighted by Crippen LogP contribution is -2.43. The number of Topliss-reactive ketones (excluding diaryl/α,β-unsaturated/α-hetero) is 1. The van der Waals surface area contributed by atoms with E-state index in [4.69, 9.17) is 11.6 Å². The fourth-order valence-electron chi connectivity index (χ4n) is 3.46. The molecule has 1 amide bonds. The largest absolute Gasteiger partial charge is 0.334 e. The first kappa shape index (κ1) is 14.1. The fourth-order valence-corrected chi connectivity index (χ4v) is 4.55. The van der Waals surface area contributed by atoms with Crippen molar-refractivity contribution in [2.75, 3.05) is 6.54 Å². The van der Waals surface area contributed by atoms with Crippen LogP contribution in [-0.4, -0.2) is 29.2 Å². The van der Waals surface area contributed by atoms with E-state index in [0.29, 0.717) is 22.1 Å². The third-order valence-electron chi connectivity index (χ3n) is 4.44. The van der Waals surface area contributed by atoms with Gasteiger partial charge in [0.1, 0.15) is 10.7 Å². The Morgan fingerprint density at radius 3 is 2.85 bits per heavy atom. The minimum atomic E-state index is 0.00544. The Kier molecular flexibility index (Phi) is 4.13. The molecule has 0 spiro atoms. The second kappa shape index (κ2) is 5.86. The quantitative estimate of drug-likeness (QED) is 0.834. The standard InChI is InChI=1S/C15H18ClNO2S/c16-11-7-9-20-14(11)15(19)17-8-3-5-12(17)10-4-1-2-6-13(10)18/h7,9-10,12H,1-6,8H2. The van der Waals surface area contributed by atoms with Crippen molar-refractivity contribution in [1.82, 2.24) is 4.90 Å². The topological polar surface area (TPSA) is 37.4 Å². The first-order valence-electron chi connectivity index (χ1n) is 7.25. The van der Waals surface area contributed by atoms with Crippen molar-refractivity contribution < 1.29 is 9.59 Å². The summed E-state index contributed by atoms with van der Waals surface area (Å²) in [6.07, 6.45) is 5.67. The van der Waals surface area contributed by atoms with E-state index < -0.39 is 0 Å². The van der Waals surface area contributed by atoms with Crippen molar-refractivity contribution in [1.29, 1.82) is 0 Å². The van der Waals surface area contributed by atoms with Crippen LogP contribution < -0.4 is 0 Å². The van der Waals surface area contributed by atoms with E-state index in [1.807, 2.05) is 10.3 Å². The summed E-state index contributed by atoms with van der Waals surface area (Å²) in [5.74, 6) is 0.401. The molecular formula is C15H18ClNO2S. The second-order valence-corrected chi connectivity index (χ2v) is 6.95. The SMILES string of the molecule is O=C1CCCCC1C1CCCN1C(=O)c1sccc1Cl. The zero-order valence-corrected chi connectivity index (χ0v) is 12.9. The number of carbonyl (C=O) groups is 2. The van der Waals surface area contributed by atoms with Gasteiger partial charge in [-0.2, -0.15) is 0 Å². The Balaban J connectivity index is 1.80. The first-order valence-corrected chi connectivity index (χ1v) is 8.51. The number of halogens is 1. The van der Waals surface area contributed by atoms with Crippen LogP contribution in [0, 0.1) is 5.92 Å². The van der Waals surface area contributed by atoms with E-state index >= 15 is 0 Å². The Labute approximate surface area is 127 Å². The predicted molar refractivity (Wildman–Crippen MR) is 80.4 cm³/mol. The molecule has 3 nitrogen and oxygen atoms in total. The summed E-state index contributed by atoms with van der Waals surface area (Å²) in [5, 5.41) is 2.37. The molecule has 20 heavy (non-hydrogen) atoms. The Morgan fingerprint density at radius 1 is 1.30 bits per heavy atom. The molecule has 3 rings (SSSR count). The summed E-state index contributed by atoms with van der Waals surface area (Å²) >= 11 is 7.46. The van der Waals surface area contributed by atoms with Gasteiger partial charge in [0.25, 0.3) is 5.91 Å². The minimum Gasteiger partial charge on any atom is -0.334 e. The van der Waals surface area contributed by atoms with Crippen molar-refractivity contribution in [3.8, 4) is 0 Å². The Bertz CT molecular complexity index is 528. The number of hydrogen-bond acceptors (Lipinski definition) is 3. The normalized spacial score (nSPS) is 27.1. The molecule has 5 heteroatoms. The summed E-state index contributed by atoms with van der Waals surface area (Å²) in [6.45, 7) is 0.751. The van der Waals surface area contributed by atoms with Crippen molar-refractivity contribution >= 4 is 34.6 Å². The van der Waals surface area contributed by atoms with Gasteiger partial charge in [0.15, 0.2) is 0 Å². The van der Waals surface area contributed by atoms with Crippen LogP contribution in [0.5, 0.6) is 0 Å². The lowest BCUT2D eigenvalue weighted by molar-refractivity contribution is -0.126. The van der Waals surface area contributed by atoms with Crippen molar-refractivity contribution in [3.05, 3.63) is 21.3 Å². The maximum Gasteiger partial charge on any atom is 0.265 e. The van der Waals surface area contributed by atoms with E-state index in [9.17, 15) is 9.59 Å². The average Bonchev–Trinajstić information content (AvgIpc) is 3.07. The smallest absolute Gasteiger partial charge is 0.265 e. The molecule has 1 aliphatic heterocycles. The Morgan fingerprint density at radius 2 is 2.15 bits per heavy atom. The van der Waals surface area contributed by atoms with Crippen molar-refractivity contribution in [2.24, 2.45) is 5.92 Å². The van der Waals surface area contributed by atoms with E-state index in [1.54, 1.807) is 6.07 Å². The molecule has 2 fully saturated rings. The molecule has 108 valence electrons. The van der Waals surface area contributed by atoms with Crippen LogP contribution in [-0.2, 0) is 4.79 Å². The Hall–Kier alpha value is -0.870. The van der Waals surface area contributed by atoms with Gasteiger partial charge in [0.2, 0.25) is 0 Å². The number of carbonyl (C=O) groups excluding carboxylic acids is 2. The van der Waals surface area contributed by atoms with E-state index in [-0.39, 0.29) is 17.9 Å². The van der Waals surface area contributed by atoms with E-state index in [2.05, 4.69) is 0 Å². The molecule has 1 aromatic rings. The molecule has 1 saturated heterocycles. The van der Waals surface area contributed by atoms with E-state index in [1.165, 1.54) is 11.3 Å². The van der Waals surface area contributed by atoms with Crippen molar-refractivity contribution in [2.45, 2.75) is 44.6 Å². The summed E-state index contributed by atoms with van der Waals surface area (Å²) in [6, 6.07) is 1.85. The number of likely N-dealkylation sites (tertiary alicyclic amines) is 1. The van der Waals surface area contributed by atoms with Gasteiger partial charge in [-0.1, -0.05) is 18.0 Å². The van der Waals surface area contributed by atoms with Gasteiger partial charge in [0, 0.05) is 24.9 Å². The van der Waals surface area contributed by atoms with Crippen LogP contribution in [0.25, 0.3) is 0 Å².